The molecule has 2 atom stereocenters. The van der Waals surface area contributed by atoms with Gasteiger partial charge in [-0.25, -0.2) is 8.42 Å². The maximum Gasteiger partial charge on any atom is 0.262 e. The predicted octanol–water partition coefficient (Wildman–Crippen LogP) is 0.626. The van der Waals surface area contributed by atoms with E-state index < -0.39 is 10.0 Å². The maximum absolute atomic E-state index is 12.8. The third-order valence-corrected chi connectivity index (χ3v) is 5.36. The Balaban J connectivity index is 2.31. The van der Waals surface area contributed by atoms with Gasteiger partial charge in [-0.05, 0) is 27.3 Å². The Morgan fingerprint density at radius 2 is 2.00 bits per heavy atom. The molecule has 1 fully saturated rings. The van der Waals surface area contributed by atoms with E-state index in [0.717, 1.165) is 12.2 Å². The molecule has 1 aliphatic rings. The van der Waals surface area contributed by atoms with Crippen molar-refractivity contribution in [2.75, 3.05) is 19.6 Å². The molecular weight excluding hydrogens is 292 g/mol. The molecule has 2 N–H and O–H groups in total. The lowest BCUT2D eigenvalue weighted by atomic mass is 10.2. The van der Waals surface area contributed by atoms with Crippen LogP contribution >= 0.6 is 0 Å². The highest BCUT2D eigenvalue weighted by molar-refractivity contribution is 7.89. The SMILES string of the molecule is CCNCc1c(S(=O)(=O)N2CC(C)OC(C)C2)n[nH]c1C. The lowest BCUT2D eigenvalue weighted by Crippen LogP contribution is -2.48. The van der Waals surface area contributed by atoms with E-state index >= 15 is 0 Å². The van der Waals surface area contributed by atoms with Gasteiger partial charge in [0.1, 0.15) is 0 Å². The van der Waals surface area contributed by atoms with Crippen LogP contribution in [-0.4, -0.2) is 54.8 Å². The molecular formula is C13H24N4O3S. The van der Waals surface area contributed by atoms with Gasteiger partial charge >= 0.3 is 0 Å². The van der Waals surface area contributed by atoms with Crippen molar-refractivity contribution in [3.05, 3.63) is 11.3 Å². The number of rotatable bonds is 5. The Labute approximate surface area is 126 Å². The number of aromatic amines is 1. The van der Waals surface area contributed by atoms with E-state index in [0.29, 0.717) is 25.2 Å². The summed E-state index contributed by atoms with van der Waals surface area (Å²) in [7, 11) is -3.60. The Morgan fingerprint density at radius 1 is 1.38 bits per heavy atom. The smallest absolute Gasteiger partial charge is 0.262 e. The highest BCUT2D eigenvalue weighted by Crippen LogP contribution is 2.23. The van der Waals surface area contributed by atoms with Crippen LogP contribution in [0.25, 0.3) is 0 Å². The fraction of sp³-hybridized carbons (Fsp3) is 0.769. The van der Waals surface area contributed by atoms with Crippen molar-refractivity contribution in [3.63, 3.8) is 0 Å². The highest BCUT2D eigenvalue weighted by Gasteiger charge is 2.35. The van der Waals surface area contributed by atoms with Crippen LogP contribution in [0.5, 0.6) is 0 Å². The minimum absolute atomic E-state index is 0.110. The summed E-state index contributed by atoms with van der Waals surface area (Å²) < 4.78 is 32.7. The molecule has 1 aliphatic heterocycles. The first kappa shape index (κ1) is 16.4. The number of H-pyrrole nitrogens is 1. The van der Waals surface area contributed by atoms with Crippen molar-refractivity contribution in [2.24, 2.45) is 0 Å². The van der Waals surface area contributed by atoms with Gasteiger partial charge in [0.15, 0.2) is 5.03 Å². The monoisotopic (exact) mass is 316 g/mol. The number of nitrogens with one attached hydrogen (secondary N) is 2. The normalized spacial score (nSPS) is 24.4. The molecule has 0 radical (unpaired) electrons. The quantitative estimate of drug-likeness (QED) is 0.832. The summed E-state index contributed by atoms with van der Waals surface area (Å²) in [5.74, 6) is 0. The molecule has 2 unspecified atom stereocenters. The first-order valence-electron chi connectivity index (χ1n) is 7.26. The molecule has 0 saturated carbocycles. The summed E-state index contributed by atoms with van der Waals surface area (Å²) in [5.41, 5.74) is 1.49. The van der Waals surface area contributed by atoms with Crippen LogP contribution in [0.3, 0.4) is 0 Å². The molecule has 0 aliphatic carbocycles. The van der Waals surface area contributed by atoms with E-state index in [1.807, 2.05) is 27.7 Å². The van der Waals surface area contributed by atoms with Crippen LogP contribution in [0, 0.1) is 6.92 Å². The van der Waals surface area contributed by atoms with E-state index in [-0.39, 0.29) is 17.2 Å². The van der Waals surface area contributed by atoms with Crippen LogP contribution in [0.15, 0.2) is 5.03 Å². The van der Waals surface area contributed by atoms with Crippen molar-refractivity contribution < 1.29 is 13.2 Å². The van der Waals surface area contributed by atoms with E-state index in [9.17, 15) is 8.42 Å². The van der Waals surface area contributed by atoms with Crippen molar-refractivity contribution in [2.45, 2.75) is 51.5 Å². The number of hydrogen-bond acceptors (Lipinski definition) is 5. The summed E-state index contributed by atoms with van der Waals surface area (Å²) in [6, 6.07) is 0. The van der Waals surface area contributed by atoms with Gasteiger partial charge in [-0.3, -0.25) is 5.10 Å². The second kappa shape index (κ2) is 6.43. The number of aromatic nitrogens is 2. The molecule has 0 bridgehead atoms. The molecule has 21 heavy (non-hydrogen) atoms. The lowest BCUT2D eigenvalue weighted by Gasteiger charge is -2.34. The van der Waals surface area contributed by atoms with Gasteiger partial charge in [0.05, 0.1) is 12.2 Å². The van der Waals surface area contributed by atoms with Gasteiger partial charge < -0.3 is 10.1 Å². The zero-order valence-corrected chi connectivity index (χ0v) is 13.8. The second-order valence-electron chi connectivity index (χ2n) is 5.49. The largest absolute Gasteiger partial charge is 0.373 e. The Hall–Kier alpha value is -0.960. The third-order valence-electron chi connectivity index (χ3n) is 3.56. The Morgan fingerprint density at radius 3 is 2.57 bits per heavy atom. The van der Waals surface area contributed by atoms with Crippen molar-refractivity contribution in [1.29, 1.82) is 0 Å². The summed E-state index contributed by atoms with van der Waals surface area (Å²) in [6.07, 6.45) is -0.221. The molecule has 0 spiro atoms. The molecule has 120 valence electrons. The highest BCUT2D eigenvalue weighted by atomic mass is 32.2. The van der Waals surface area contributed by atoms with Crippen LogP contribution in [-0.2, 0) is 21.3 Å². The number of ether oxygens (including phenoxy) is 1. The molecule has 0 amide bonds. The van der Waals surface area contributed by atoms with Gasteiger partial charge in [0.25, 0.3) is 10.0 Å². The van der Waals surface area contributed by atoms with E-state index in [4.69, 9.17) is 4.74 Å². The number of hydrogen-bond donors (Lipinski definition) is 2. The first-order chi connectivity index (χ1) is 9.86. The molecule has 8 heteroatoms. The third kappa shape index (κ3) is 3.45. The van der Waals surface area contributed by atoms with Crippen LogP contribution in [0.1, 0.15) is 32.0 Å². The molecule has 1 saturated heterocycles. The Kier molecular flexibility index (Phi) is 5.03. The van der Waals surface area contributed by atoms with Crippen molar-refractivity contribution in [1.82, 2.24) is 19.8 Å². The van der Waals surface area contributed by atoms with Gasteiger partial charge in [-0.15, -0.1) is 0 Å². The topological polar surface area (TPSA) is 87.3 Å². The number of aryl methyl sites for hydroxylation is 1. The molecule has 7 nitrogen and oxygen atoms in total. The van der Waals surface area contributed by atoms with E-state index in [1.165, 1.54) is 4.31 Å². The van der Waals surface area contributed by atoms with Gasteiger partial charge in [-0.1, -0.05) is 6.92 Å². The average molecular weight is 316 g/mol. The molecule has 2 heterocycles. The fourth-order valence-electron chi connectivity index (χ4n) is 2.55. The van der Waals surface area contributed by atoms with E-state index in [2.05, 4.69) is 15.5 Å². The number of nitrogens with zero attached hydrogens (tertiary/aromatic N) is 2. The van der Waals surface area contributed by atoms with Crippen molar-refractivity contribution >= 4 is 10.0 Å². The molecule has 2 rings (SSSR count). The number of morpholine rings is 1. The van der Waals surface area contributed by atoms with Crippen LogP contribution in [0.2, 0.25) is 0 Å². The summed E-state index contributed by atoms with van der Waals surface area (Å²) in [4.78, 5) is 0. The molecule has 1 aromatic rings. The molecule has 0 aromatic carbocycles. The zero-order chi connectivity index (χ0) is 15.6. The van der Waals surface area contributed by atoms with Crippen LogP contribution in [0.4, 0.5) is 0 Å². The average Bonchev–Trinajstić information content (AvgIpc) is 2.77. The second-order valence-corrected chi connectivity index (χ2v) is 7.35. The standard InChI is InChI=1S/C13H24N4O3S/c1-5-14-6-12-11(4)15-16-13(12)21(18,19)17-7-9(2)20-10(3)8-17/h9-10,14H,5-8H2,1-4H3,(H,15,16). The first-order valence-corrected chi connectivity index (χ1v) is 8.70. The van der Waals surface area contributed by atoms with Crippen molar-refractivity contribution in [3.8, 4) is 0 Å². The van der Waals surface area contributed by atoms with Gasteiger partial charge in [-0.2, -0.15) is 9.40 Å². The molecule has 1 aromatic heterocycles. The van der Waals surface area contributed by atoms with Crippen LogP contribution < -0.4 is 5.32 Å². The Bertz CT molecular complexity index is 574. The minimum atomic E-state index is -3.60. The predicted molar refractivity (Wildman–Crippen MR) is 79.5 cm³/mol. The van der Waals surface area contributed by atoms with Gasteiger partial charge in [0, 0.05) is 30.9 Å². The minimum Gasteiger partial charge on any atom is -0.373 e. The van der Waals surface area contributed by atoms with Gasteiger partial charge in [0.2, 0.25) is 0 Å². The number of sulfonamides is 1. The maximum atomic E-state index is 12.8. The summed E-state index contributed by atoms with van der Waals surface area (Å²) in [5, 5.41) is 10.1. The summed E-state index contributed by atoms with van der Waals surface area (Å²) >= 11 is 0. The fourth-order valence-corrected chi connectivity index (χ4v) is 4.31. The summed E-state index contributed by atoms with van der Waals surface area (Å²) in [6.45, 7) is 9.57. The zero-order valence-electron chi connectivity index (χ0n) is 13.0. The lowest BCUT2D eigenvalue weighted by molar-refractivity contribution is -0.0441. The van der Waals surface area contributed by atoms with E-state index in [1.54, 1.807) is 0 Å².